The summed E-state index contributed by atoms with van der Waals surface area (Å²) in [5.74, 6) is -0.236. The van der Waals surface area contributed by atoms with E-state index in [1.54, 1.807) is 0 Å². The summed E-state index contributed by atoms with van der Waals surface area (Å²) in [7, 11) is 0. The van der Waals surface area contributed by atoms with Crippen molar-refractivity contribution in [2.45, 2.75) is 63.5 Å². The lowest BCUT2D eigenvalue weighted by Gasteiger charge is -2.19. The highest BCUT2D eigenvalue weighted by Crippen LogP contribution is 2.29. The van der Waals surface area contributed by atoms with Crippen LogP contribution in [-0.2, 0) is 0 Å². The molecule has 0 spiro atoms. The third kappa shape index (κ3) is 3.09. The zero-order valence-electron chi connectivity index (χ0n) is 12.0. The molecule has 1 aromatic rings. The largest absolute Gasteiger partial charge is 0.494 e. The van der Waals surface area contributed by atoms with Crippen LogP contribution >= 0.6 is 0 Å². The molecule has 6 heteroatoms. The molecule has 2 aliphatic carbocycles. The number of aromatic hydroxyl groups is 1. The molecular weight excluding hydrogens is 270 g/mol. The molecule has 0 aromatic carbocycles. The lowest BCUT2D eigenvalue weighted by Crippen LogP contribution is -2.34. The maximum absolute atomic E-state index is 12.1. The Morgan fingerprint density at radius 2 is 1.76 bits per heavy atom. The summed E-state index contributed by atoms with van der Waals surface area (Å²) < 4.78 is 1.35. The van der Waals surface area contributed by atoms with Crippen LogP contribution in [0.3, 0.4) is 0 Å². The van der Waals surface area contributed by atoms with E-state index in [0.29, 0.717) is 0 Å². The number of hydrogen-bond acceptors (Lipinski definition) is 4. The molecule has 1 aromatic heterocycles. The molecule has 2 fully saturated rings. The van der Waals surface area contributed by atoms with Gasteiger partial charge in [0.05, 0.1) is 6.04 Å². The molecule has 114 valence electrons. The number of nitrogens with one attached hydrogen (secondary N) is 1. The molecule has 0 radical (unpaired) electrons. The molecule has 3 rings (SSSR count). The fraction of sp³-hybridized carbons (Fsp3) is 0.667. The van der Waals surface area contributed by atoms with Gasteiger partial charge in [0.2, 0.25) is 5.88 Å². The molecule has 21 heavy (non-hydrogen) atoms. The number of hydrogen-bond donors (Lipinski definition) is 2. The van der Waals surface area contributed by atoms with Crippen LogP contribution in [0.4, 0.5) is 0 Å². The fourth-order valence-corrected chi connectivity index (χ4v) is 2.93. The third-order valence-electron chi connectivity index (χ3n) is 4.30. The SMILES string of the molecule is O=c1[nH]c(=O)n(C2CCCCCC2)c(O)c1C=NC1CC1. The van der Waals surface area contributed by atoms with Gasteiger partial charge in [-0.2, -0.15) is 0 Å². The van der Waals surface area contributed by atoms with Crippen molar-refractivity contribution in [1.82, 2.24) is 9.55 Å². The Balaban J connectivity index is 2.00. The fourth-order valence-electron chi connectivity index (χ4n) is 2.93. The zero-order chi connectivity index (χ0) is 14.8. The summed E-state index contributed by atoms with van der Waals surface area (Å²) >= 11 is 0. The smallest absolute Gasteiger partial charge is 0.331 e. The van der Waals surface area contributed by atoms with Gasteiger partial charge in [0.25, 0.3) is 5.56 Å². The van der Waals surface area contributed by atoms with Gasteiger partial charge in [-0.05, 0) is 25.7 Å². The highest BCUT2D eigenvalue weighted by molar-refractivity contribution is 5.82. The molecular formula is C15H21N3O3. The van der Waals surface area contributed by atoms with E-state index in [1.165, 1.54) is 10.8 Å². The number of nitrogens with zero attached hydrogens (tertiary/aromatic N) is 2. The molecule has 1 heterocycles. The quantitative estimate of drug-likeness (QED) is 0.656. The zero-order valence-corrected chi connectivity index (χ0v) is 12.0. The van der Waals surface area contributed by atoms with Crippen LogP contribution in [0.25, 0.3) is 0 Å². The number of aromatic amines is 1. The minimum absolute atomic E-state index is 0.0371. The lowest BCUT2D eigenvalue weighted by molar-refractivity contribution is 0.339. The molecule has 0 aliphatic heterocycles. The van der Waals surface area contributed by atoms with Gasteiger partial charge >= 0.3 is 5.69 Å². The van der Waals surface area contributed by atoms with E-state index in [0.717, 1.165) is 51.4 Å². The van der Waals surface area contributed by atoms with E-state index in [4.69, 9.17) is 0 Å². The van der Waals surface area contributed by atoms with Gasteiger partial charge in [-0.25, -0.2) is 4.79 Å². The summed E-state index contributed by atoms with van der Waals surface area (Å²) in [6.07, 6.45) is 9.59. The van der Waals surface area contributed by atoms with Crippen molar-refractivity contribution in [1.29, 1.82) is 0 Å². The molecule has 2 N–H and O–H groups in total. The van der Waals surface area contributed by atoms with Crippen molar-refractivity contribution in [3.05, 3.63) is 26.4 Å². The van der Waals surface area contributed by atoms with Crippen LogP contribution < -0.4 is 11.2 Å². The van der Waals surface area contributed by atoms with Gasteiger partial charge in [0.15, 0.2) is 0 Å². The Hall–Kier alpha value is -1.85. The molecule has 0 atom stereocenters. The van der Waals surface area contributed by atoms with Gasteiger partial charge in [-0.3, -0.25) is 19.3 Å². The van der Waals surface area contributed by atoms with Crippen LogP contribution in [0, 0.1) is 0 Å². The van der Waals surface area contributed by atoms with Crippen molar-refractivity contribution in [3.63, 3.8) is 0 Å². The van der Waals surface area contributed by atoms with Gasteiger partial charge in [-0.15, -0.1) is 0 Å². The van der Waals surface area contributed by atoms with Crippen LogP contribution in [-0.4, -0.2) is 26.9 Å². The summed E-state index contributed by atoms with van der Waals surface area (Å²) in [5.41, 5.74) is -0.981. The second-order valence-electron chi connectivity index (χ2n) is 6.02. The third-order valence-corrected chi connectivity index (χ3v) is 4.30. The van der Waals surface area contributed by atoms with Crippen molar-refractivity contribution in [3.8, 4) is 5.88 Å². The molecule has 0 amide bonds. The molecule has 2 aliphatic rings. The highest BCUT2D eigenvalue weighted by Gasteiger charge is 2.23. The average Bonchev–Trinajstić information content (AvgIpc) is 3.24. The normalized spacial score (nSPS) is 20.8. The Bertz CT molecular complexity index is 647. The van der Waals surface area contributed by atoms with Crippen LogP contribution in [0.5, 0.6) is 5.88 Å². The first-order chi connectivity index (χ1) is 10.2. The summed E-state index contributed by atoms with van der Waals surface area (Å²) in [6.45, 7) is 0. The maximum Gasteiger partial charge on any atom is 0.331 e. The Kier molecular flexibility index (Phi) is 3.94. The molecule has 6 nitrogen and oxygen atoms in total. The first-order valence-electron chi connectivity index (χ1n) is 7.78. The van der Waals surface area contributed by atoms with Gasteiger partial charge in [-0.1, -0.05) is 25.7 Å². The molecule has 2 saturated carbocycles. The first kappa shape index (κ1) is 14.1. The minimum atomic E-state index is -0.563. The highest BCUT2D eigenvalue weighted by atomic mass is 16.3. The van der Waals surface area contributed by atoms with Crippen LogP contribution in [0.15, 0.2) is 14.6 Å². The minimum Gasteiger partial charge on any atom is -0.494 e. The van der Waals surface area contributed by atoms with E-state index in [9.17, 15) is 14.7 Å². The van der Waals surface area contributed by atoms with E-state index < -0.39 is 11.2 Å². The van der Waals surface area contributed by atoms with E-state index in [1.807, 2.05) is 0 Å². The summed E-state index contributed by atoms with van der Waals surface area (Å²) in [6, 6.07) is 0.229. The average molecular weight is 291 g/mol. The lowest BCUT2D eigenvalue weighted by atomic mass is 10.1. The van der Waals surface area contributed by atoms with Crippen molar-refractivity contribution < 1.29 is 5.11 Å². The first-order valence-corrected chi connectivity index (χ1v) is 7.78. The van der Waals surface area contributed by atoms with Crippen molar-refractivity contribution in [2.75, 3.05) is 0 Å². The molecule has 0 unspecified atom stereocenters. The van der Waals surface area contributed by atoms with E-state index in [2.05, 4.69) is 9.98 Å². The Morgan fingerprint density at radius 1 is 1.10 bits per heavy atom. The molecule has 0 bridgehead atoms. The summed E-state index contributed by atoms with van der Waals surface area (Å²) in [4.78, 5) is 30.5. The van der Waals surface area contributed by atoms with Crippen molar-refractivity contribution >= 4 is 6.21 Å². The van der Waals surface area contributed by atoms with Crippen LogP contribution in [0.1, 0.15) is 63.0 Å². The van der Waals surface area contributed by atoms with Gasteiger partial charge in [0.1, 0.15) is 5.56 Å². The predicted molar refractivity (Wildman–Crippen MR) is 80.3 cm³/mol. The summed E-state index contributed by atoms with van der Waals surface area (Å²) in [5, 5.41) is 10.4. The maximum atomic E-state index is 12.1. The number of aliphatic imine (C=N–C) groups is 1. The number of H-pyrrole nitrogens is 1. The standard InChI is InChI=1S/C15H21N3O3/c19-13-12(9-16-10-7-8-10)14(20)18(15(21)17-13)11-5-3-1-2-4-6-11/h9-11,20H,1-8H2,(H,17,19,21). The van der Waals surface area contributed by atoms with Gasteiger partial charge in [0, 0.05) is 12.3 Å². The predicted octanol–water partition coefficient (Wildman–Crippen LogP) is 1.72. The van der Waals surface area contributed by atoms with Crippen molar-refractivity contribution in [2.24, 2.45) is 4.99 Å². The van der Waals surface area contributed by atoms with E-state index in [-0.39, 0.29) is 23.5 Å². The molecule has 0 saturated heterocycles. The Morgan fingerprint density at radius 3 is 2.38 bits per heavy atom. The second kappa shape index (κ2) is 5.87. The van der Waals surface area contributed by atoms with Crippen LogP contribution in [0.2, 0.25) is 0 Å². The second-order valence-corrected chi connectivity index (χ2v) is 6.02. The monoisotopic (exact) mass is 291 g/mol. The topological polar surface area (TPSA) is 87.5 Å². The number of aromatic nitrogens is 2. The Labute approximate surface area is 122 Å². The van der Waals surface area contributed by atoms with Gasteiger partial charge < -0.3 is 5.11 Å². The van der Waals surface area contributed by atoms with E-state index >= 15 is 0 Å². The number of rotatable bonds is 3.